The van der Waals surface area contributed by atoms with E-state index in [-0.39, 0.29) is 11.6 Å². The molecule has 4 rings (SSSR count). The maximum Gasteiger partial charge on any atom is 0.273 e. The van der Waals surface area contributed by atoms with Crippen LogP contribution in [0, 0.1) is 0 Å². The summed E-state index contributed by atoms with van der Waals surface area (Å²) in [7, 11) is 0. The molecule has 0 bridgehead atoms. The number of amides is 1. The lowest BCUT2D eigenvalue weighted by Crippen LogP contribution is -2.23. The Morgan fingerprint density at radius 3 is 2.82 bits per heavy atom. The van der Waals surface area contributed by atoms with E-state index < -0.39 is 0 Å². The fourth-order valence-electron chi connectivity index (χ4n) is 2.79. The molecule has 0 saturated heterocycles. The number of nitrogens with zero attached hydrogens (tertiary/aromatic N) is 3. The van der Waals surface area contributed by atoms with Gasteiger partial charge in [-0.15, -0.1) is 0 Å². The topological polar surface area (TPSA) is 109 Å². The number of benzene rings is 1. The Labute approximate surface area is 161 Å². The number of carbonyl (C=O) groups excluding carboxylic acids is 1. The van der Waals surface area contributed by atoms with Crippen molar-refractivity contribution in [3.8, 4) is 0 Å². The van der Waals surface area contributed by atoms with Crippen molar-refractivity contribution in [3.05, 3.63) is 78.0 Å². The number of hydrogen-bond acceptors (Lipinski definition) is 6. The van der Waals surface area contributed by atoms with E-state index in [9.17, 15) is 4.79 Å². The zero-order valence-electron chi connectivity index (χ0n) is 15.2. The van der Waals surface area contributed by atoms with E-state index in [0.29, 0.717) is 31.9 Å². The van der Waals surface area contributed by atoms with Crippen LogP contribution < -0.4 is 10.6 Å². The van der Waals surface area contributed by atoms with Gasteiger partial charge in [0.15, 0.2) is 11.6 Å². The molecule has 0 spiro atoms. The van der Waals surface area contributed by atoms with Crippen LogP contribution in [-0.2, 0) is 19.5 Å². The first-order valence-corrected chi connectivity index (χ1v) is 9.05. The van der Waals surface area contributed by atoms with Crippen molar-refractivity contribution < 1.29 is 9.21 Å². The lowest BCUT2D eigenvalue weighted by Gasteiger charge is -2.01. The lowest BCUT2D eigenvalue weighted by molar-refractivity contribution is 0.0945. The molecule has 8 nitrogen and oxygen atoms in total. The number of para-hydroxylation sites is 2. The van der Waals surface area contributed by atoms with Crippen molar-refractivity contribution in [2.45, 2.75) is 19.5 Å². The highest BCUT2D eigenvalue weighted by Gasteiger charge is 2.12. The van der Waals surface area contributed by atoms with E-state index >= 15 is 0 Å². The average Bonchev–Trinajstić information content (AvgIpc) is 3.37. The number of nitrogens with one attached hydrogen (secondary N) is 3. The molecule has 4 aromatic rings. The summed E-state index contributed by atoms with van der Waals surface area (Å²) < 4.78 is 5.39. The monoisotopic (exact) mass is 376 g/mol. The van der Waals surface area contributed by atoms with Gasteiger partial charge in [0.25, 0.3) is 5.91 Å². The number of aromatic nitrogens is 4. The molecule has 0 aliphatic rings. The first kappa shape index (κ1) is 17.9. The number of aromatic amines is 1. The Hall–Kier alpha value is -3.52. The van der Waals surface area contributed by atoms with Gasteiger partial charge in [0.05, 0.1) is 29.8 Å². The Morgan fingerprint density at radius 1 is 1.07 bits per heavy atom. The van der Waals surface area contributed by atoms with E-state index in [1.165, 1.54) is 6.26 Å². The molecule has 0 saturated carbocycles. The number of H-pyrrole nitrogens is 1. The number of fused-ring (bicyclic) bond motifs is 1. The highest BCUT2D eigenvalue weighted by atomic mass is 16.3. The third-order valence-corrected chi connectivity index (χ3v) is 4.19. The number of rotatable bonds is 8. The van der Waals surface area contributed by atoms with E-state index in [2.05, 4.69) is 30.6 Å². The van der Waals surface area contributed by atoms with Gasteiger partial charge < -0.3 is 20.0 Å². The molecule has 28 heavy (non-hydrogen) atoms. The normalized spacial score (nSPS) is 11.0. The molecule has 0 unspecified atom stereocenters. The second kappa shape index (κ2) is 8.45. The fourth-order valence-corrected chi connectivity index (χ4v) is 2.79. The van der Waals surface area contributed by atoms with Crippen LogP contribution in [0.15, 0.2) is 59.3 Å². The van der Waals surface area contributed by atoms with Crippen LogP contribution in [0.2, 0.25) is 0 Å². The van der Waals surface area contributed by atoms with Crippen molar-refractivity contribution in [1.82, 2.24) is 30.6 Å². The van der Waals surface area contributed by atoms with Gasteiger partial charge in [0, 0.05) is 19.2 Å². The first-order valence-electron chi connectivity index (χ1n) is 9.05. The number of pyridine rings is 1. The predicted octanol–water partition coefficient (Wildman–Crippen LogP) is 2.21. The van der Waals surface area contributed by atoms with E-state index in [1.54, 1.807) is 6.20 Å². The quantitative estimate of drug-likeness (QED) is 0.407. The smallest absolute Gasteiger partial charge is 0.273 e. The molecule has 0 fully saturated rings. The van der Waals surface area contributed by atoms with Crippen LogP contribution in [0.1, 0.15) is 27.9 Å². The van der Waals surface area contributed by atoms with Crippen molar-refractivity contribution in [2.24, 2.45) is 0 Å². The van der Waals surface area contributed by atoms with E-state index in [4.69, 9.17) is 4.42 Å². The standard InChI is InChI=1S/C20H20N6O2/c27-20(23-11-14-5-3-4-9-22-14)17-13-28-19(26-17)8-10-21-12-18-24-15-6-1-2-7-16(15)25-18/h1-7,9,13,21H,8,10-12H2,(H,23,27)(H,24,25). The summed E-state index contributed by atoms with van der Waals surface area (Å²) in [4.78, 5) is 28.3. The van der Waals surface area contributed by atoms with Gasteiger partial charge in [-0.2, -0.15) is 0 Å². The molecule has 0 atom stereocenters. The molecule has 142 valence electrons. The Kier molecular flexibility index (Phi) is 5.39. The minimum absolute atomic E-state index is 0.267. The Morgan fingerprint density at radius 2 is 1.96 bits per heavy atom. The molecular formula is C20H20N6O2. The van der Waals surface area contributed by atoms with Crippen LogP contribution in [0.5, 0.6) is 0 Å². The second-order valence-corrected chi connectivity index (χ2v) is 6.26. The molecule has 0 aliphatic carbocycles. The van der Waals surface area contributed by atoms with Gasteiger partial charge >= 0.3 is 0 Å². The summed E-state index contributed by atoms with van der Waals surface area (Å²) >= 11 is 0. The Bertz CT molecular complexity index is 1020. The molecule has 8 heteroatoms. The van der Waals surface area contributed by atoms with E-state index in [1.807, 2.05) is 42.5 Å². The van der Waals surface area contributed by atoms with Gasteiger partial charge in [-0.05, 0) is 24.3 Å². The Balaban J connectivity index is 1.22. The average molecular weight is 376 g/mol. The second-order valence-electron chi connectivity index (χ2n) is 6.26. The van der Waals surface area contributed by atoms with Crippen molar-refractivity contribution >= 4 is 16.9 Å². The van der Waals surface area contributed by atoms with Crippen LogP contribution in [0.3, 0.4) is 0 Å². The highest BCUT2D eigenvalue weighted by molar-refractivity contribution is 5.91. The van der Waals surface area contributed by atoms with Gasteiger partial charge in [-0.25, -0.2) is 9.97 Å². The first-order chi connectivity index (χ1) is 13.8. The van der Waals surface area contributed by atoms with Gasteiger partial charge in [-0.1, -0.05) is 18.2 Å². The highest BCUT2D eigenvalue weighted by Crippen LogP contribution is 2.10. The largest absolute Gasteiger partial charge is 0.448 e. The predicted molar refractivity (Wildman–Crippen MR) is 103 cm³/mol. The summed E-state index contributed by atoms with van der Waals surface area (Å²) in [5.41, 5.74) is 3.03. The number of imidazole rings is 1. The minimum Gasteiger partial charge on any atom is -0.448 e. The molecule has 1 amide bonds. The molecule has 0 aliphatic heterocycles. The number of hydrogen-bond donors (Lipinski definition) is 3. The minimum atomic E-state index is -0.282. The molecule has 3 heterocycles. The van der Waals surface area contributed by atoms with Crippen LogP contribution >= 0.6 is 0 Å². The van der Waals surface area contributed by atoms with E-state index in [0.717, 1.165) is 22.6 Å². The fraction of sp³-hybridized carbons (Fsp3) is 0.200. The zero-order chi connectivity index (χ0) is 19.2. The third-order valence-electron chi connectivity index (χ3n) is 4.19. The van der Waals surface area contributed by atoms with Crippen molar-refractivity contribution in [1.29, 1.82) is 0 Å². The summed E-state index contributed by atoms with van der Waals surface area (Å²) in [5.74, 6) is 1.11. The molecule has 1 aromatic carbocycles. The molecule has 0 radical (unpaired) electrons. The summed E-state index contributed by atoms with van der Waals surface area (Å²) in [6.45, 7) is 1.63. The van der Waals surface area contributed by atoms with Gasteiger partial charge in [0.2, 0.25) is 0 Å². The van der Waals surface area contributed by atoms with Crippen molar-refractivity contribution in [2.75, 3.05) is 6.54 Å². The maximum absolute atomic E-state index is 12.1. The number of carbonyl (C=O) groups is 1. The maximum atomic E-state index is 12.1. The molecule has 3 N–H and O–H groups in total. The van der Waals surface area contributed by atoms with Gasteiger partial charge in [0.1, 0.15) is 12.1 Å². The SMILES string of the molecule is O=C(NCc1ccccn1)c1coc(CCNCc2nc3ccccc3[nH]2)n1. The third kappa shape index (κ3) is 4.41. The number of oxazole rings is 1. The molecular weight excluding hydrogens is 356 g/mol. The van der Waals surface area contributed by atoms with Gasteiger partial charge in [-0.3, -0.25) is 9.78 Å². The summed E-state index contributed by atoms with van der Waals surface area (Å²) in [6, 6.07) is 13.5. The summed E-state index contributed by atoms with van der Waals surface area (Å²) in [5, 5.41) is 6.07. The lowest BCUT2D eigenvalue weighted by atomic mass is 10.3. The van der Waals surface area contributed by atoms with Crippen molar-refractivity contribution in [3.63, 3.8) is 0 Å². The van der Waals surface area contributed by atoms with Crippen LogP contribution in [0.4, 0.5) is 0 Å². The van der Waals surface area contributed by atoms with Crippen LogP contribution in [-0.4, -0.2) is 32.4 Å². The van der Waals surface area contributed by atoms with Crippen LogP contribution in [0.25, 0.3) is 11.0 Å². The molecule has 3 aromatic heterocycles. The summed E-state index contributed by atoms with van der Waals surface area (Å²) in [6.07, 6.45) is 3.64. The zero-order valence-corrected chi connectivity index (χ0v) is 15.2.